The van der Waals surface area contributed by atoms with Crippen molar-refractivity contribution in [3.05, 3.63) is 29.8 Å². The molecule has 0 aliphatic heterocycles. The second kappa shape index (κ2) is 7.00. The fourth-order valence-corrected chi connectivity index (χ4v) is 2.61. The third kappa shape index (κ3) is 4.62. The Labute approximate surface area is 117 Å². The summed E-state index contributed by atoms with van der Waals surface area (Å²) >= 11 is 0. The summed E-state index contributed by atoms with van der Waals surface area (Å²) in [5.41, 5.74) is 0.898. The molecule has 0 aliphatic carbocycles. The predicted octanol–water partition coefficient (Wildman–Crippen LogP) is -0.160. The number of sulfonamides is 1. The van der Waals surface area contributed by atoms with Crippen LogP contribution in [0.3, 0.4) is 0 Å². The van der Waals surface area contributed by atoms with Gasteiger partial charge in [0.15, 0.2) is 0 Å². The maximum Gasteiger partial charge on any atom is 0.323 e. The van der Waals surface area contributed by atoms with E-state index in [1.165, 1.54) is 12.1 Å². The quantitative estimate of drug-likeness (QED) is 0.475. The number of hydrogen-bond donors (Lipinski definition) is 3. The minimum absolute atomic E-state index is 0.00497. The molecular weight excluding hydrogens is 282 g/mol. The lowest BCUT2D eigenvalue weighted by molar-refractivity contribution is -0.138. The van der Waals surface area contributed by atoms with Crippen molar-refractivity contribution in [2.75, 3.05) is 13.1 Å². The molecule has 1 rings (SSSR count). The van der Waals surface area contributed by atoms with E-state index >= 15 is 0 Å². The Morgan fingerprint density at radius 1 is 1.40 bits per heavy atom. The normalized spacial score (nSPS) is 12.6. The summed E-state index contributed by atoms with van der Waals surface area (Å²) < 4.78 is 26.1. The van der Waals surface area contributed by atoms with E-state index < -0.39 is 22.0 Å². The molecule has 7 nitrogen and oxygen atoms in total. The summed E-state index contributed by atoms with van der Waals surface area (Å²) in [4.78, 5) is 11.0. The lowest BCUT2D eigenvalue weighted by atomic mass is 10.2. The molecule has 108 valence electrons. The van der Waals surface area contributed by atoms with Crippen LogP contribution in [0, 0.1) is 18.3 Å². The highest BCUT2D eigenvalue weighted by molar-refractivity contribution is 7.89. The number of nitrogens with zero attached hydrogens (tertiary/aromatic N) is 1. The first kappa shape index (κ1) is 16.1. The second-order valence-electron chi connectivity index (χ2n) is 4.11. The summed E-state index contributed by atoms with van der Waals surface area (Å²) in [6.07, 6.45) is 0. The summed E-state index contributed by atoms with van der Waals surface area (Å²) in [5, 5.41) is 19.9. The predicted molar refractivity (Wildman–Crippen MR) is 71.4 cm³/mol. The van der Waals surface area contributed by atoms with E-state index in [-0.39, 0.29) is 18.0 Å². The van der Waals surface area contributed by atoms with Crippen LogP contribution in [0.4, 0.5) is 0 Å². The molecule has 0 unspecified atom stereocenters. The highest BCUT2D eigenvalue weighted by Crippen LogP contribution is 2.10. The molecular formula is C12H15N3O4S. The zero-order valence-electron chi connectivity index (χ0n) is 10.8. The van der Waals surface area contributed by atoms with E-state index in [0.29, 0.717) is 0 Å². The molecule has 0 heterocycles. The highest BCUT2D eigenvalue weighted by Gasteiger charge is 2.24. The van der Waals surface area contributed by atoms with Crippen LogP contribution in [0.15, 0.2) is 29.2 Å². The summed E-state index contributed by atoms with van der Waals surface area (Å²) in [6.45, 7) is 1.58. The first-order valence-electron chi connectivity index (χ1n) is 5.76. The fourth-order valence-electron chi connectivity index (χ4n) is 1.42. The second-order valence-corrected chi connectivity index (χ2v) is 5.83. The first-order chi connectivity index (χ1) is 9.36. The largest absolute Gasteiger partial charge is 0.480 e. The van der Waals surface area contributed by atoms with Gasteiger partial charge in [0.05, 0.1) is 17.5 Å². The van der Waals surface area contributed by atoms with Crippen LogP contribution in [0.2, 0.25) is 0 Å². The number of benzene rings is 1. The van der Waals surface area contributed by atoms with Crippen LogP contribution >= 0.6 is 0 Å². The van der Waals surface area contributed by atoms with Gasteiger partial charge in [-0.05, 0) is 19.1 Å². The van der Waals surface area contributed by atoms with Gasteiger partial charge in [0, 0.05) is 6.54 Å². The number of aliphatic carboxylic acids is 1. The SMILES string of the molecule is Cc1ccc(S(=O)(=O)N[C@H](CNCC#N)C(=O)O)cc1. The van der Waals surface area contributed by atoms with E-state index in [9.17, 15) is 13.2 Å². The van der Waals surface area contributed by atoms with Gasteiger partial charge in [0.25, 0.3) is 0 Å². The Hall–Kier alpha value is -1.95. The Morgan fingerprint density at radius 2 is 2.00 bits per heavy atom. The van der Waals surface area contributed by atoms with Crippen LogP contribution in [0.25, 0.3) is 0 Å². The van der Waals surface area contributed by atoms with Crippen molar-refractivity contribution < 1.29 is 18.3 Å². The van der Waals surface area contributed by atoms with Crippen LogP contribution in [0.5, 0.6) is 0 Å². The molecule has 1 atom stereocenters. The molecule has 0 saturated carbocycles. The zero-order valence-corrected chi connectivity index (χ0v) is 11.6. The minimum atomic E-state index is -3.91. The van der Waals surface area contributed by atoms with Crippen molar-refractivity contribution in [2.45, 2.75) is 17.9 Å². The highest BCUT2D eigenvalue weighted by atomic mass is 32.2. The number of nitrogens with one attached hydrogen (secondary N) is 2. The molecule has 1 aromatic rings. The molecule has 0 spiro atoms. The summed E-state index contributed by atoms with van der Waals surface area (Å²) in [6, 6.07) is 6.49. The van der Waals surface area contributed by atoms with Crippen molar-refractivity contribution in [3.8, 4) is 6.07 Å². The van der Waals surface area contributed by atoms with Crippen LogP contribution < -0.4 is 10.0 Å². The van der Waals surface area contributed by atoms with Crippen molar-refractivity contribution in [1.29, 1.82) is 5.26 Å². The van der Waals surface area contributed by atoms with Crippen molar-refractivity contribution in [3.63, 3.8) is 0 Å². The first-order valence-corrected chi connectivity index (χ1v) is 7.24. The third-order valence-corrected chi connectivity index (χ3v) is 3.97. The Morgan fingerprint density at radius 3 is 2.50 bits per heavy atom. The van der Waals surface area contributed by atoms with Crippen LogP contribution in [-0.2, 0) is 14.8 Å². The topological polar surface area (TPSA) is 119 Å². The number of aryl methyl sites for hydroxylation is 1. The van der Waals surface area contributed by atoms with Crippen LogP contribution in [-0.4, -0.2) is 38.6 Å². The molecule has 3 N–H and O–H groups in total. The third-order valence-electron chi connectivity index (χ3n) is 2.48. The number of hydrogen-bond acceptors (Lipinski definition) is 5. The Kier molecular flexibility index (Phi) is 5.64. The molecule has 0 bridgehead atoms. The van der Waals surface area contributed by atoms with Gasteiger partial charge < -0.3 is 10.4 Å². The van der Waals surface area contributed by atoms with E-state index in [0.717, 1.165) is 5.56 Å². The van der Waals surface area contributed by atoms with Crippen molar-refractivity contribution >= 4 is 16.0 Å². The molecule has 0 amide bonds. The molecule has 20 heavy (non-hydrogen) atoms. The maximum atomic E-state index is 12.0. The smallest absolute Gasteiger partial charge is 0.323 e. The Bertz CT molecular complexity index is 605. The standard InChI is InChI=1S/C12H15N3O4S/c1-9-2-4-10(5-3-9)20(18,19)15-11(12(16)17)8-14-7-6-13/h2-5,11,14-15H,7-8H2,1H3,(H,16,17)/t11-/m1/s1. The van der Waals surface area contributed by atoms with Gasteiger partial charge in [-0.25, -0.2) is 8.42 Å². The van der Waals surface area contributed by atoms with Gasteiger partial charge >= 0.3 is 5.97 Å². The summed E-state index contributed by atoms with van der Waals surface area (Å²) in [7, 11) is -3.91. The van der Waals surface area contributed by atoms with E-state index in [1.54, 1.807) is 18.2 Å². The van der Waals surface area contributed by atoms with Gasteiger partial charge in [0.1, 0.15) is 6.04 Å². The number of carboxylic acid groups (broad SMARTS) is 1. The average molecular weight is 297 g/mol. The Balaban J connectivity index is 2.83. The lowest BCUT2D eigenvalue weighted by Crippen LogP contribution is -2.47. The molecule has 0 fully saturated rings. The lowest BCUT2D eigenvalue weighted by Gasteiger charge is -2.14. The van der Waals surface area contributed by atoms with E-state index in [1.807, 2.05) is 6.92 Å². The fraction of sp³-hybridized carbons (Fsp3) is 0.333. The molecule has 1 aromatic carbocycles. The molecule has 0 aromatic heterocycles. The number of carbonyl (C=O) groups is 1. The van der Waals surface area contributed by atoms with Gasteiger partial charge in [0.2, 0.25) is 10.0 Å². The number of rotatable bonds is 7. The minimum Gasteiger partial charge on any atom is -0.480 e. The van der Waals surface area contributed by atoms with E-state index in [2.05, 4.69) is 10.0 Å². The van der Waals surface area contributed by atoms with Crippen molar-refractivity contribution in [1.82, 2.24) is 10.0 Å². The molecule has 0 aliphatic rings. The van der Waals surface area contributed by atoms with Crippen LogP contribution in [0.1, 0.15) is 5.56 Å². The molecule has 0 radical (unpaired) electrons. The van der Waals surface area contributed by atoms with Gasteiger partial charge in [-0.3, -0.25) is 4.79 Å². The number of nitriles is 1. The maximum absolute atomic E-state index is 12.0. The number of carboxylic acids is 1. The zero-order chi connectivity index (χ0) is 15.2. The van der Waals surface area contributed by atoms with Crippen molar-refractivity contribution in [2.24, 2.45) is 0 Å². The van der Waals surface area contributed by atoms with E-state index in [4.69, 9.17) is 10.4 Å². The summed E-state index contributed by atoms with van der Waals surface area (Å²) in [5.74, 6) is -1.31. The molecule has 8 heteroatoms. The van der Waals surface area contributed by atoms with Gasteiger partial charge in [-0.2, -0.15) is 9.98 Å². The monoisotopic (exact) mass is 297 g/mol. The average Bonchev–Trinajstić information content (AvgIpc) is 2.38. The van der Waals surface area contributed by atoms with Gasteiger partial charge in [-0.1, -0.05) is 17.7 Å². The molecule has 0 saturated heterocycles. The van der Waals surface area contributed by atoms with Gasteiger partial charge in [-0.15, -0.1) is 0 Å².